The fraction of sp³-hybridized carbons (Fsp3) is 1.00. The van der Waals surface area contributed by atoms with Crippen LogP contribution in [0.15, 0.2) is 0 Å². The van der Waals surface area contributed by atoms with Crippen LogP contribution >= 0.6 is 24.4 Å². The molecule has 0 radical (unpaired) electrons. The molecule has 0 bridgehead atoms. The van der Waals surface area contributed by atoms with Gasteiger partial charge in [0.05, 0.1) is 4.58 Å². The molecule has 4 aliphatic carbocycles. The molecule has 0 aliphatic heterocycles. The summed E-state index contributed by atoms with van der Waals surface area (Å²) in [5.41, 5.74) is 0.655. The van der Waals surface area contributed by atoms with Crippen LogP contribution in [0.3, 0.4) is 0 Å². The minimum atomic E-state index is 0.611. The SMILES string of the molecule is CSC(S)C1(C2C3CCC3C2CC2CCC2C)CC1. The Balaban J connectivity index is 1.48. The fourth-order valence-corrected chi connectivity index (χ4v) is 6.99. The van der Waals surface area contributed by atoms with Crippen LogP contribution in [0.4, 0.5) is 0 Å². The molecule has 4 aliphatic rings. The van der Waals surface area contributed by atoms with E-state index in [9.17, 15) is 0 Å². The summed E-state index contributed by atoms with van der Waals surface area (Å²) in [6.07, 6.45) is 12.9. The van der Waals surface area contributed by atoms with E-state index in [2.05, 4.69) is 13.2 Å². The number of hydrogen-bond donors (Lipinski definition) is 1. The van der Waals surface area contributed by atoms with Crippen LogP contribution in [0.2, 0.25) is 0 Å². The molecule has 4 saturated carbocycles. The summed E-state index contributed by atoms with van der Waals surface area (Å²) in [7, 11) is 0. The lowest BCUT2D eigenvalue weighted by atomic mass is 9.41. The van der Waals surface area contributed by atoms with E-state index in [1.165, 1.54) is 25.7 Å². The van der Waals surface area contributed by atoms with E-state index >= 15 is 0 Å². The van der Waals surface area contributed by atoms with Gasteiger partial charge in [0.25, 0.3) is 0 Å². The van der Waals surface area contributed by atoms with Crippen molar-refractivity contribution in [3.8, 4) is 0 Å². The minimum absolute atomic E-state index is 0.611. The van der Waals surface area contributed by atoms with Gasteiger partial charge in [-0.05, 0) is 85.7 Å². The summed E-state index contributed by atoms with van der Waals surface area (Å²) in [5.74, 6) is 6.52. The van der Waals surface area contributed by atoms with E-state index in [1.54, 1.807) is 19.3 Å². The smallest absolute Gasteiger partial charge is 0.0528 e. The lowest BCUT2D eigenvalue weighted by molar-refractivity contribution is -0.149. The lowest BCUT2D eigenvalue weighted by Crippen LogP contribution is -2.58. The van der Waals surface area contributed by atoms with Gasteiger partial charge in [-0.15, -0.1) is 0 Å². The highest BCUT2D eigenvalue weighted by atomic mass is 32.2. The van der Waals surface area contributed by atoms with Crippen LogP contribution in [0.25, 0.3) is 0 Å². The monoisotopic (exact) mass is 296 g/mol. The Bertz CT molecular complexity index is 362. The number of rotatable bonds is 5. The first-order chi connectivity index (χ1) is 9.17. The van der Waals surface area contributed by atoms with Crippen molar-refractivity contribution in [3.63, 3.8) is 0 Å². The Kier molecular flexibility index (Phi) is 3.23. The predicted octanol–water partition coefficient (Wildman–Crippen LogP) is 5.09. The van der Waals surface area contributed by atoms with Crippen molar-refractivity contribution in [2.75, 3.05) is 6.26 Å². The molecular weight excluding hydrogens is 268 g/mol. The second-order valence-electron chi connectivity index (χ2n) is 7.97. The molecule has 0 nitrogen and oxygen atoms in total. The standard InChI is InChI=1S/C17H28S2/c1-10-3-4-11(10)9-14-12-5-6-13(12)15(14)17(7-8-17)16(18)19-2/h10-16,18H,3-9H2,1-2H3. The Hall–Kier alpha value is 0.700. The first-order valence-corrected chi connectivity index (χ1v) is 10.2. The molecular formula is C17H28S2. The van der Waals surface area contributed by atoms with Gasteiger partial charge in [-0.2, -0.15) is 24.4 Å². The van der Waals surface area contributed by atoms with Crippen molar-refractivity contribution in [2.24, 2.45) is 40.9 Å². The Labute approximate surface area is 128 Å². The molecule has 2 heteroatoms. The molecule has 0 aromatic carbocycles. The molecule has 4 fully saturated rings. The van der Waals surface area contributed by atoms with Crippen LogP contribution in [-0.2, 0) is 0 Å². The third-order valence-electron chi connectivity index (χ3n) is 7.43. The zero-order valence-corrected chi connectivity index (χ0v) is 14.1. The summed E-state index contributed by atoms with van der Waals surface area (Å²) < 4.78 is 0.611. The molecule has 4 rings (SSSR count). The summed E-state index contributed by atoms with van der Waals surface area (Å²) in [4.78, 5) is 0. The summed E-state index contributed by atoms with van der Waals surface area (Å²) >= 11 is 6.95. The van der Waals surface area contributed by atoms with Crippen molar-refractivity contribution in [1.29, 1.82) is 0 Å². The third kappa shape index (κ3) is 1.81. The van der Waals surface area contributed by atoms with Gasteiger partial charge < -0.3 is 0 Å². The molecule has 108 valence electrons. The van der Waals surface area contributed by atoms with Crippen LogP contribution in [-0.4, -0.2) is 10.8 Å². The highest BCUT2D eigenvalue weighted by Crippen LogP contribution is 2.74. The van der Waals surface area contributed by atoms with Crippen LogP contribution in [0, 0.1) is 40.9 Å². The average Bonchev–Trinajstić information content (AvgIpc) is 3.17. The highest BCUT2D eigenvalue weighted by Gasteiger charge is 2.67. The maximum Gasteiger partial charge on any atom is 0.0528 e. The summed E-state index contributed by atoms with van der Waals surface area (Å²) in [5, 5.41) is 0. The number of thiol groups is 1. The van der Waals surface area contributed by atoms with Gasteiger partial charge in [-0.25, -0.2) is 0 Å². The van der Waals surface area contributed by atoms with Crippen LogP contribution in [0.1, 0.15) is 51.9 Å². The average molecular weight is 297 g/mol. The third-order valence-corrected chi connectivity index (χ3v) is 9.50. The van der Waals surface area contributed by atoms with Gasteiger partial charge in [-0.1, -0.05) is 13.3 Å². The topological polar surface area (TPSA) is 0 Å². The molecule has 0 aromatic heterocycles. The van der Waals surface area contributed by atoms with Crippen molar-refractivity contribution in [2.45, 2.75) is 56.5 Å². The van der Waals surface area contributed by atoms with E-state index in [-0.39, 0.29) is 0 Å². The molecule has 0 saturated heterocycles. The Morgan fingerprint density at radius 1 is 1.16 bits per heavy atom. The normalized spacial score (nSPS) is 51.3. The van der Waals surface area contributed by atoms with E-state index in [0.717, 1.165) is 35.5 Å². The maximum absolute atomic E-state index is 4.94. The fourth-order valence-electron chi connectivity index (χ4n) is 5.70. The second-order valence-corrected chi connectivity index (χ2v) is 9.77. The van der Waals surface area contributed by atoms with Crippen molar-refractivity contribution in [3.05, 3.63) is 0 Å². The molecule has 0 amide bonds. The molecule has 19 heavy (non-hydrogen) atoms. The van der Waals surface area contributed by atoms with Gasteiger partial charge in [-0.3, -0.25) is 0 Å². The Morgan fingerprint density at radius 3 is 2.32 bits per heavy atom. The van der Waals surface area contributed by atoms with Crippen molar-refractivity contribution < 1.29 is 0 Å². The van der Waals surface area contributed by atoms with Crippen molar-refractivity contribution >= 4 is 24.4 Å². The first-order valence-electron chi connectivity index (χ1n) is 8.38. The zero-order chi connectivity index (χ0) is 13.2. The van der Waals surface area contributed by atoms with Crippen LogP contribution < -0.4 is 0 Å². The van der Waals surface area contributed by atoms with Gasteiger partial charge in [0.15, 0.2) is 0 Å². The maximum atomic E-state index is 4.94. The molecule has 0 spiro atoms. The number of fused-ring (bicyclic) bond motifs is 1. The van der Waals surface area contributed by atoms with E-state index in [0.29, 0.717) is 10.00 Å². The van der Waals surface area contributed by atoms with Gasteiger partial charge in [0.2, 0.25) is 0 Å². The number of thioether (sulfide) groups is 1. The van der Waals surface area contributed by atoms with Crippen molar-refractivity contribution in [1.82, 2.24) is 0 Å². The van der Waals surface area contributed by atoms with E-state index < -0.39 is 0 Å². The van der Waals surface area contributed by atoms with Gasteiger partial charge in [0.1, 0.15) is 0 Å². The molecule has 7 atom stereocenters. The van der Waals surface area contributed by atoms with Gasteiger partial charge >= 0.3 is 0 Å². The van der Waals surface area contributed by atoms with E-state index in [4.69, 9.17) is 12.6 Å². The lowest BCUT2D eigenvalue weighted by Gasteiger charge is -2.64. The highest BCUT2D eigenvalue weighted by molar-refractivity contribution is 8.09. The van der Waals surface area contributed by atoms with Crippen LogP contribution in [0.5, 0.6) is 0 Å². The summed E-state index contributed by atoms with van der Waals surface area (Å²) in [6, 6.07) is 0. The zero-order valence-electron chi connectivity index (χ0n) is 12.3. The van der Waals surface area contributed by atoms with E-state index in [1.807, 2.05) is 11.8 Å². The minimum Gasteiger partial charge on any atom is -0.164 e. The molecule has 0 heterocycles. The summed E-state index contributed by atoms with van der Waals surface area (Å²) in [6.45, 7) is 2.48. The molecule has 0 aromatic rings. The van der Waals surface area contributed by atoms with Gasteiger partial charge in [0, 0.05) is 0 Å². The first kappa shape index (κ1) is 13.4. The predicted molar refractivity (Wildman–Crippen MR) is 87.7 cm³/mol. The molecule has 0 N–H and O–H groups in total. The Morgan fingerprint density at radius 2 is 1.89 bits per heavy atom. The largest absolute Gasteiger partial charge is 0.164 e. The number of hydrogen-bond acceptors (Lipinski definition) is 2. The second kappa shape index (κ2) is 4.60. The molecule has 7 unspecified atom stereocenters. The quantitative estimate of drug-likeness (QED) is 0.544.